The lowest BCUT2D eigenvalue weighted by molar-refractivity contribution is -0.193. The molecule has 46 heavy (non-hydrogen) atoms. The average molecular weight is 680 g/mol. The van der Waals surface area contributed by atoms with Crippen LogP contribution in [0.25, 0.3) is 0 Å². The van der Waals surface area contributed by atoms with E-state index in [4.69, 9.17) is 37.1 Å². The maximum absolute atomic E-state index is 13.1. The fourth-order valence-electron chi connectivity index (χ4n) is 4.07. The van der Waals surface area contributed by atoms with Crippen LogP contribution in [-0.4, -0.2) is 73.8 Å². The minimum atomic E-state index is -5.08. The van der Waals surface area contributed by atoms with E-state index < -0.39 is 30.3 Å². The molecule has 250 valence electrons. The number of rotatable bonds is 7. The van der Waals surface area contributed by atoms with Crippen LogP contribution in [0.2, 0.25) is 5.02 Å². The van der Waals surface area contributed by atoms with Crippen molar-refractivity contribution < 1.29 is 55.7 Å². The maximum atomic E-state index is 13.1. The smallest absolute Gasteiger partial charge is 0.475 e. The fourth-order valence-corrected chi connectivity index (χ4v) is 4.27. The van der Waals surface area contributed by atoms with Gasteiger partial charge in [0.1, 0.15) is 11.7 Å². The van der Waals surface area contributed by atoms with E-state index in [-0.39, 0.29) is 11.8 Å². The largest absolute Gasteiger partial charge is 0.490 e. The zero-order chi connectivity index (χ0) is 34.7. The average Bonchev–Trinajstić information content (AvgIpc) is 3.66. The lowest BCUT2D eigenvalue weighted by Crippen LogP contribution is -2.45. The highest BCUT2D eigenvalue weighted by molar-refractivity contribution is 6.30. The number of benzene rings is 1. The Morgan fingerprint density at radius 3 is 2.17 bits per heavy atom. The molecule has 1 aliphatic rings. The lowest BCUT2D eigenvalue weighted by Gasteiger charge is -2.23. The van der Waals surface area contributed by atoms with Crippen molar-refractivity contribution in [3.8, 4) is 0 Å². The molecule has 18 heteroatoms. The van der Waals surface area contributed by atoms with Gasteiger partial charge in [-0.25, -0.2) is 9.59 Å². The van der Waals surface area contributed by atoms with E-state index in [0.29, 0.717) is 43.2 Å². The quantitative estimate of drug-likeness (QED) is 0.229. The molecule has 1 saturated heterocycles. The number of hydrogen-bond acceptors (Lipinski definition) is 6. The number of carboxylic acids is 2. The van der Waals surface area contributed by atoms with Gasteiger partial charge < -0.3 is 31.1 Å². The van der Waals surface area contributed by atoms with Crippen LogP contribution in [0.5, 0.6) is 0 Å². The SMILES string of the molecule is NCc1ccc(Cl)cc1CNC(=O)[C@@H]1CCCN1C(=O)c1cc(Cc2ccccn2)c[nH]1.O=C(O)C(F)(F)F.O=C(O)C(F)(F)F. The number of aromatic nitrogens is 2. The molecule has 0 aliphatic carbocycles. The van der Waals surface area contributed by atoms with Crippen LogP contribution in [0.1, 0.15) is 45.7 Å². The highest BCUT2D eigenvalue weighted by Crippen LogP contribution is 2.22. The maximum Gasteiger partial charge on any atom is 0.490 e. The number of H-pyrrole nitrogens is 1. The molecule has 1 fully saturated rings. The van der Waals surface area contributed by atoms with Crippen molar-refractivity contribution in [2.75, 3.05) is 6.54 Å². The molecule has 3 aromatic rings. The van der Waals surface area contributed by atoms with E-state index in [9.17, 15) is 35.9 Å². The third kappa shape index (κ3) is 11.7. The summed E-state index contributed by atoms with van der Waals surface area (Å²) in [5, 5.41) is 17.8. The van der Waals surface area contributed by atoms with Gasteiger partial charge in [-0.05, 0) is 59.9 Å². The van der Waals surface area contributed by atoms with Crippen molar-refractivity contribution in [3.63, 3.8) is 0 Å². The van der Waals surface area contributed by atoms with E-state index in [1.54, 1.807) is 17.2 Å². The first-order valence-corrected chi connectivity index (χ1v) is 13.5. The summed E-state index contributed by atoms with van der Waals surface area (Å²) in [6.45, 7) is 1.24. The summed E-state index contributed by atoms with van der Waals surface area (Å²) >= 11 is 6.09. The van der Waals surface area contributed by atoms with E-state index >= 15 is 0 Å². The molecular weight excluding hydrogens is 652 g/mol. The molecule has 3 heterocycles. The van der Waals surface area contributed by atoms with Gasteiger partial charge in [0.15, 0.2) is 0 Å². The topological polar surface area (TPSA) is 179 Å². The molecule has 0 spiro atoms. The molecule has 0 saturated carbocycles. The van der Waals surface area contributed by atoms with Crippen LogP contribution in [0.4, 0.5) is 26.3 Å². The molecule has 1 atom stereocenters. The van der Waals surface area contributed by atoms with Crippen LogP contribution in [0.3, 0.4) is 0 Å². The predicted molar refractivity (Wildman–Crippen MR) is 150 cm³/mol. The number of aromatic amines is 1. The summed E-state index contributed by atoms with van der Waals surface area (Å²) in [4.78, 5) is 52.8. The third-order valence-electron chi connectivity index (χ3n) is 6.23. The number of amides is 2. The molecule has 0 unspecified atom stereocenters. The molecule has 1 aliphatic heterocycles. The molecule has 4 rings (SSSR count). The molecule has 2 aromatic heterocycles. The Hall–Kier alpha value is -4.64. The molecule has 11 nitrogen and oxygen atoms in total. The molecular formula is C28H28ClF6N5O6. The van der Waals surface area contributed by atoms with E-state index in [0.717, 1.165) is 28.8 Å². The third-order valence-corrected chi connectivity index (χ3v) is 6.46. The van der Waals surface area contributed by atoms with E-state index in [1.807, 2.05) is 42.6 Å². The minimum absolute atomic E-state index is 0.166. The summed E-state index contributed by atoms with van der Waals surface area (Å²) in [7, 11) is 0. The van der Waals surface area contributed by atoms with Gasteiger partial charge >= 0.3 is 24.3 Å². The highest BCUT2D eigenvalue weighted by atomic mass is 35.5. The van der Waals surface area contributed by atoms with Crippen molar-refractivity contribution in [2.45, 2.75) is 50.7 Å². The molecule has 1 aromatic carbocycles. The number of nitrogens with two attached hydrogens (primary N) is 1. The highest BCUT2D eigenvalue weighted by Gasteiger charge is 2.39. The second-order valence-corrected chi connectivity index (χ2v) is 9.95. The number of nitrogens with one attached hydrogen (secondary N) is 2. The second kappa shape index (κ2) is 16.6. The van der Waals surface area contributed by atoms with Gasteiger partial charge in [-0.3, -0.25) is 14.6 Å². The first kappa shape index (κ1) is 37.5. The first-order valence-electron chi connectivity index (χ1n) is 13.2. The summed E-state index contributed by atoms with van der Waals surface area (Å²) in [6.07, 6.45) is -4.53. The summed E-state index contributed by atoms with van der Waals surface area (Å²) in [5.74, 6) is -5.85. The predicted octanol–water partition coefficient (Wildman–Crippen LogP) is 4.30. The molecule has 6 N–H and O–H groups in total. The number of aliphatic carboxylic acids is 2. The number of alkyl halides is 6. The number of nitrogens with zero attached hydrogens (tertiary/aromatic N) is 2. The number of hydrogen-bond donors (Lipinski definition) is 5. The van der Waals surface area contributed by atoms with Crippen molar-refractivity contribution in [1.82, 2.24) is 20.2 Å². The Bertz CT molecular complexity index is 1480. The van der Waals surface area contributed by atoms with Crippen LogP contribution in [0.15, 0.2) is 54.9 Å². The summed E-state index contributed by atoms with van der Waals surface area (Å²) < 4.78 is 63.5. The van der Waals surface area contributed by atoms with E-state index in [1.165, 1.54) is 0 Å². The van der Waals surface area contributed by atoms with Gasteiger partial charge in [-0.15, -0.1) is 0 Å². The van der Waals surface area contributed by atoms with E-state index in [2.05, 4.69) is 15.3 Å². The summed E-state index contributed by atoms with van der Waals surface area (Å²) in [6, 6.07) is 12.6. The Morgan fingerprint density at radius 2 is 1.63 bits per heavy atom. The molecule has 2 amide bonds. The Balaban J connectivity index is 0.000000440. The van der Waals surface area contributed by atoms with Gasteiger partial charge in [0.25, 0.3) is 5.91 Å². The van der Waals surface area contributed by atoms with Crippen LogP contribution >= 0.6 is 11.6 Å². The Labute approximate surface area is 262 Å². The van der Waals surface area contributed by atoms with Crippen LogP contribution in [-0.2, 0) is 33.9 Å². The normalized spacial score (nSPS) is 14.3. The minimum Gasteiger partial charge on any atom is -0.475 e. The van der Waals surface area contributed by atoms with Crippen molar-refractivity contribution in [3.05, 3.63) is 88.0 Å². The van der Waals surface area contributed by atoms with Gasteiger partial charge in [-0.2, -0.15) is 26.3 Å². The van der Waals surface area contributed by atoms with Gasteiger partial charge in [-0.1, -0.05) is 23.7 Å². The summed E-state index contributed by atoms with van der Waals surface area (Å²) in [5.41, 5.74) is 9.99. The number of pyridine rings is 1. The zero-order valence-electron chi connectivity index (χ0n) is 23.7. The number of halogens is 7. The monoisotopic (exact) mass is 679 g/mol. The number of likely N-dealkylation sites (tertiary alicyclic amines) is 1. The fraction of sp³-hybridized carbons (Fsp3) is 0.321. The Morgan fingerprint density at radius 1 is 1.00 bits per heavy atom. The first-order chi connectivity index (χ1) is 21.4. The second-order valence-electron chi connectivity index (χ2n) is 9.52. The zero-order valence-corrected chi connectivity index (χ0v) is 24.4. The number of carboxylic acid groups (broad SMARTS) is 2. The standard InChI is InChI=1S/C24H26ClN5O2.2C2HF3O2/c25-19-7-6-17(13-26)18(12-19)15-29-23(31)22-5-3-9-30(22)24(32)21-11-16(14-28-21)10-20-4-1-2-8-27-20;2*3-2(4,5)1(6)7/h1-2,4,6-8,11-12,14,22,28H,3,5,9-10,13,15,26H2,(H,29,31);2*(H,6,7)/t22-;;/m0../s1. The van der Waals surface area contributed by atoms with Gasteiger partial charge in [0.2, 0.25) is 5.91 Å². The van der Waals surface area contributed by atoms with Crippen molar-refractivity contribution in [2.24, 2.45) is 5.73 Å². The van der Waals surface area contributed by atoms with Crippen molar-refractivity contribution in [1.29, 1.82) is 0 Å². The van der Waals surface area contributed by atoms with Crippen LogP contribution in [0, 0.1) is 0 Å². The molecule has 0 bridgehead atoms. The van der Waals surface area contributed by atoms with Gasteiger partial charge in [0, 0.05) is 49.2 Å². The van der Waals surface area contributed by atoms with Gasteiger partial charge in [0.05, 0.1) is 0 Å². The van der Waals surface area contributed by atoms with Crippen LogP contribution < -0.4 is 11.1 Å². The Kier molecular flexibility index (Phi) is 13.6. The van der Waals surface area contributed by atoms with Crippen molar-refractivity contribution >= 4 is 35.4 Å². The lowest BCUT2D eigenvalue weighted by atomic mass is 10.1. The number of carbonyl (C=O) groups is 4. The number of carbonyl (C=O) groups excluding carboxylic acids is 2. The molecule has 0 radical (unpaired) electrons.